The van der Waals surface area contributed by atoms with Crippen LogP contribution in [0.1, 0.15) is 39.9 Å². The summed E-state index contributed by atoms with van der Waals surface area (Å²) in [6.45, 7) is 0.0545. The zero-order chi connectivity index (χ0) is 29.7. The molecule has 0 aliphatic carbocycles. The molecular formula is C31H35NO10. The summed E-state index contributed by atoms with van der Waals surface area (Å²) in [5.41, 5.74) is 4.55. The third-order valence-corrected chi connectivity index (χ3v) is 8.71. The molecule has 7 atom stereocenters. The molecule has 6 rings (SSSR count). The Bertz CT molecular complexity index is 1440. The maximum absolute atomic E-state index is 11.6. The second-order valence-electron chi connectivity index (χ2n) is 11.1. The van der Waals surface area contributed by atoms with Gasteiger partial charge in [-0.05, 0) is 71.8 Å². The molecule has 3 aliphatic rings. The predicted molar refractivity (Wildman–Crippen MR) is 149 cm³/mol. The Hall–Kier alpha value is -3.58. The van der Waals surface area contributed by atoms with Crippen molar-refractivity contribution in [3.8, 4) is 28.7 Å². The first-order valence-corrected chi connectivity index (χ1v) is 14.0. The minimum Gasteiger partial charge on any atom is -0.508 e. The molecule has 1 saturated heterocycles. The summed E-state index contributed by atoms with van der Waals surface area (Å²) >= 11 is 0. The van der Waals surface area contributed by atoms with Gasteiger partial charge in [0.2, 0.25) is 6.29 Å². The molecule has 3 aliphatic heterocycles. The molecule has 224 valence electrons. The van der Waals surface area contributed by atoms with E-state index in [9.17, 15) is 35.7 Å². The summed E-state index contributed by atoms with van der Waals surface area (Å²) in [7, 11) is 1.51. The van der Waals surface area contributed by atoms with Gasteiger partial charge in [-0.25, -0.2) is 0 Å². The van der Waals surface area contributed by atoms with Gasteiger partial charge in [0, 0.05) is 24.2 Å². The molecule has 0 amide bonds. The zero-order valence-electron chi connectivity index (χ0n) is 23.0. The van der Waals surface area contributed by atoms with Gasteiger partial charge in [0.1, 0.15) is 30.2 Å². The van der Waals surface area contributed by atoms with E-state index in [0.29, 0.717) is 37.1 Å². The molecule has 0 spiro atoms. The molecular weight excluding hydrogens is 546 g/mol. The van der Waals surface area contributed by atoms with Gasteiger partial charge in [-0.2, -0.15) is 0 Å². The van der Waals surface area contributed by atoms with E-state index < -0.39 is 37.3 Å². The first-order valence-electron chi connectivity index (χ1n) is 14.0. The third kappa shape index (κ3) is 4.91. The average Bonchev–Trinajstić information content (AvgIpc) is 2.99. The number of phenols is 3. The molecule has 0 unspecified atom stereocenters. The van der Waals surface area contributed by atoms with Gasteiger partial charge < -0.3 is 50.0 Å². The molecule has 0 saturated carbocycles. The lowest BCUT2D eigenvalue weighted by Crippen LogP contribution is -2.60. The number of aromatic hydroxyl groups is 3. The number of aliphatic hydroxyl groups is 4. The Morgan fingerprint density at radius 2 is 1.67 bits per heavy atom. The van der Waals surface area contributed by atoms with Crippen molar-refractivity contribution in [2.45, 2.75) is 62.1 Å². The van der Waals surface area contributed by atoms with Crippen LogP contribution < -0.4 is 9.47 Å². The van der Waals surface area contributed by atoms with Crippen molar-refractivity contribution in [1.29, 1.82) is 0 Å². The van der Waals surface area contributed by atoms with Crippen LogP contribution in [0.15, 0.2) is 48.5 Å². The maximum atomic E-state index is 11.6. The maximum Gasteiger partial charge on any atom is 0.229 e. The van der Waals surface area contributed by atoms with Gasteiger partial charge in [-0.15, -0.1) is 0 Å². The Kier molecular flexibility index (Phi) is 7.64. The molecule has 11 heteroatoms. The Morgan fingerprint density at radius 3 is 2.38 bits per heavy atom. The van der Waals surface area contributed by atoms with Crippen LogP contribution >= 0.6 is 0 Å². The monoisotopic (exact) mass is 581 g/mol. The van der Waals surface area contributed by atoms with Gasteiger partial charge in [-0.3, -0.25) is 4.90 Å². The van der Waals surface area contributed by atoms with E-state index in [2.05, 4.69) is 4.90 Å². The second-order valence-corrected chi connectivity index (χ2v) is 11.1. The highest BCUT2D eigenvalue weighted by Gasteiger charge is 2.46. The van der Waals surface area contributed by atoms with Crippen molar-refractivity contribution in [1.82, 2.24) is 4.90 Å². The van der Waals surface area contributed by atoms with Crippen molar-refractivity contribution in [2.75, 3.05) is 20.3 Å². The van der Waals surface area contributed by atoms with E-state index in [1.54, 1.807) is 24.3 Å². The van der Waals surface area contributed by atoms with E-state index in [0.717, 1.165) is 22.3 Å². The van der Waals surface area contributed by atoms with Crippen LogP contribution in [0.25, 0.3) is 0 Å². The number of rotatable bonds is 6. The molecule has 3 heterocycles. The predicted octanol–water partition coefficient (Wildman–Crippen LogP) is 1.43. The molecule has 1 fully saturated rings. The van der Waals surface area contributed by atoms with Crippen LogP contribution in [0.4, 0.5) is 0 Å². The number of fused-ring (bicyclic) bond motifs is 4. The van der Waals surface area contributed by atoms with E-state index >= 15 is 0 Å². The fourth-order valence-electron chi connectivity index (χ4n) is 6.52. The van der Waals surface area contributed by atoms with Crippen molar-refractivity contribution >= 4 is 0 Å². The summed E-state index contributed by atoms with van der Waals surface area (Å²) in [5.74, 6) is 0.520. The van der Waals surface area contributed by atoms with Crippen LogP contribution in [-0.2, 0) is 24.0 Å². The fourth-order valence-corrected chi connectivity index (χ4v) is 6.52. The highest BCUT2D eigenvalue weighted by molar-refractivity contribution is 5.56. The first kappa shape index (κ1) is 28.5. The Balaban J connectivity index is 1.40. The number of benzene rings is 3. The van der Waals surface area contributed by atoms with E-state index in [1.807, 2.05) is 24.3 Å². The van der Waals surface area contributed by atoms with Gasteiger partial charge in [-0.1, -0.05) is 18.2 Å². The molecule has 3 aromatic rings. The number of nitrogens with zero attached hydrogens (tertiary/aromatic N) is 1. The number of hydrogen-bond acceptors (Lipinski definition) is 11. The molecule has 3 aromatic carbocycles. The highest BCUT2D eigenvalue weighted by Crippen LogP contribution is 2.51. The van der Waals surface area contributed by atoms with Crippen LogP contribution in [0.2, 0.25) is 0 Å². The minimum absolute atomic E-state index is 0.0243. The van der Waals surface area contributed by atoms with Crippen molar-refractivity contribution in [3.05, 3.63) is 76.3 Å². The molecule has 42 heavy (non-hydrogen) atoms. The van der Waals surface area contributed by atoms with Crippen LogP contribution in [0.5, 0.6) is 28.7 Å². The number of hydrogen-bond donors (Lipinski definition) is 7. The fraction of sp³-hybridized carbons (Fsp3) is 0.419. The van der Waals surface area contributed by atoms with Gasteiger partial charge in [0.05, 0.1) is 13.7 Å². The summed E-state index contributed by atoms with van der Waals surface area (Å²) < 4.78 is 16.8. The normalized spacial score (nSPS) is 28.8. The molecule has 0 radical (unpaired) electrons. The van der Waals surface area contributed by atoms with Crippen LogP contribution in [-0.4, -0.2) is 91.6 Å². The van der Waals surface area contributed by atoms with E-state index in [-0.39, 0.29) is 35.1 Å². The zero-order valence-corrected chi connectivity index (χ0v) is 23.0. The SMILES string of the molecule is COc1cc2c(cc1O)CCN1[C@H](Cc3ccc(O)cc3)c3c(ccc(O[C@@H]4O[C@H](CO)[C@@H](O)[C@H](O)[C@H]4O)c3O)C[C@@H]21. The van der Waals surface area contributed by atoms with E-state index in [1.165, 1.54) is 7.11 Å². The number of ether oxygens (including phenoxy) is 3. The first-order chi connectivity index (χ1) is 20.2. The molecule has 0 bridgehead atoms. The number of methoxy groups -OCH3 is 1. The van der Waals surface area contributed by atoms with Crippen molar-refractivity contribution < 1.29 is 50.0 Å². The summed E-state index contributed by atoms with van der Waals surface area (Å²) in [5, 5.41) is 72.3. The smallest absolute Gasteiger partial charge is 0.229 e. The lowest BCUT2D eigenvalue weighted by Gasteiger charge is -2.47. The van der Waals surface area contributed by atoms with E-state index in [4.69, 9.17) is 14.2 Å². The van der Waals surface area contributed by atoms with Gasteiger partial charge >= 0.3 is 0 Å². The highest BCUT2D eigenvalue weighted by atomic mass is 16.7. The lowest BCUT2D eigenvalue weighted by molar-refractivity contribution is -0.277. The van der Waals surface area contributed by atoms with Gasteiger partial charge in [0.25, 0.3) is 0 Å². The van der Waals surface area contributed by atoms with Crippen molar-refractivity contribution in [2.24, 2.45) is 0 Å². The Labute approximate surface area is 242 Å². The molecule has 7 N–H and O–H groups in total. The van der Waals surface area contributed by atoms with Gasteiger partial charge in [0.15, 0.2) is 23.0 Å². The summed E-state index contributed by atoms with van der Waals surface area (Å²) in [6, 6.07) is 13.6. The lowest BCUT2D eigenvalue weighted by atomic mass is 9.78. The average molecular weight is 582 g/mol. The summed E-state index contributed by atoms with van der Waals surface area (Å²) in [6.07, 6.45) is -5.63. The Morgan fingerprint density at radius 1 is 0.905 bits per heavy atom. The largest absolute Gasteiger partial charge is 0.508 e. The van der Waals surface area contributed by atoms with Crippen molar-refractivity contribution in [3.63, 3.8) is 0 Å². The quantitative estimate of drug-likeness (QED) is 0.225. The number of phenolic OH excluding ortho intramolecular Hbond substituents is 3. The van der Waals surface area contributed by atoms with Crippen LogP contribution in [0, 0.1) is 0 Å². The second kappa shape index (κ2) is 11.3. The minimum atomic E-state index is -1.62. The van der Waals surface area contributed by atoms with Crippen LogP contribution in [0.3, 0.4) is 0 Å². The molecule has 0 aromatic heterocycles. The number of aliphatic hydroxyl groups excluding tert-OH is 4. The molecule has 11 nitrogen and oxygen atoms in total. The summed E-state index contributed by atoms with van der Waals surface area (Å²) in [4.78, 5) is 2.31. The standard InChI is InChI=1S/C31H35NO10/c1-40-24-13-19-16(12-22(24)35)8-9-32-20(19)11-17-4-7-23(41-31-30(39)29(38)28(37)25(14-33)42-31)27(36)26(17)21(32)10-15-2-5-18(34)6-3-15/h2-7,12-13,20-21,25,28-31,33-39H,8-11,14H2,1H3/t20-,21+,25+,28+,29-,30+,31+/m0/s1. The topological polar surface area (TPSA) is 173 Å². The third-order valence-electron chi connectivity index (χ3n) is 8.71.